The summed E-state index contributed by atoms with van der Waals surface area (Å²) in [6.45, 7) is 0.198. The van der Waals surface area contributed by atoms with Crippen molar-refractivity contribution in [3.63, 3.8) is 0 Å². The first-order chi connectivity index (χ1) is 14.0. The van der Waals surface area contributed by atoms with Gasteiger partial charge in [-0.05, 0) is 11.1 Å². The molecule has 0 amide bonds. The van der Waals surface area contributed by atoms with Gasteiger partial charge in [0.25, 0.3) is 0 Å². The Morgan fingerprint density at radius 1 is 1.03 bits per heavy atom. The van der Waals surface area contributed by atoms with E-state index in [-0.39, 0.29) is 12.8 Å². The number of carbonyl (C=O) groups is 1. The van der Waals surface area contributed by atoms with Crippen LogP contribution >= 0.6 is 0 Å². The van der Waals surface area contributed by atoms with E-state index in [0.717, 1.165) is 30.2 Å². The third kappa shape index (κ3) is 3.47. The number of piperidine rings is 1. The molecule has 2 fully saturated rings. The second kappa shape index (κ2) is 7.88. The van der Waals surface area contributed by atoms with Gasteiger partial charge in [-0.3, -0.25) is 0 Å². The molecule has 0 aromatic heterocycles. The van der Waals surface area contributed by atoms with Gasteiger partial charge < -0.3 is 14.3 Å². The number of esters is 1. The van der Waals surface area contributed by atoms with Crippen molar-refractivity contribution < 1.29 is 23.5 Å². The zero-order valence-corrected chi connectivity index (χ0v) is 16.8. The minimum atomic E-state index is -1.85. The van der Waals surface area contributed by atoms with Gasteiger partial charge in [-0.2, -0.15) is 0 Å². The van der Waals surface area contributed by atoms with Crippen molar-refractivity contribution in [2.75, 3.05) is 20.3 Å². The molecule has 2 unspecified atom stereocenters. The third-order valence-corrected chi connectivity index (χ3v) is 7.09. The molecule has 0 spiro atoms. The van der Waals surface area contributed by atoms with E-state index in [2.05, 4.69) is 7.05 Å². The highest BCUT2D eigenvalue weighted by Crippen LogP contribution is 2.43. The summed E-state index contributed by atoms with van der Waals surface area (Å²) in [6.07, 6.45) is 3.27. The summed E-state index contributed by atoms with van der Waals surface area (Å²) >= 11 is 0. The molecule has 5 heteroatoms. The van der Waals surface area contributed by atoms with Crippen LogP contribution in [-0.4, -0.2) is 54.0 Å². The van der Waals surface area contributed by atoms with Crippen LogP contribution in [0.2, 0.25) is 0 Å². The summed E-state index contributed by atoms with van der Waals surface area (Å²) in [5.41, 5.74) is -0.864. The molecule has 0 radical (unpaired) electrons. The number of ether oxygens (including phenoxy) is 1. The molecule has 2 bridgehead atoms. The maximum absolute atomic E-state index is 13.3. The third-order valence-electron chi connectivity index (χ3n) is 7.09. The van der Waals surface area contributed by atoms with Crippen molar-refractivity contribution in [2.24, 2.45) is 0 Å². The molecule has 2 saturated heterocycles. The Labute approximate surface area is 171 Å². The first-order valence-electron chi connectivity index (χ1n) is 10.4. The van der Waals surface area contributed by atoms with Gasteiger partial charge in [0, 0.05) is 25.7 Å². The second-order valence-corrected chi connectivity index (χ2v) is 8.59. The predicted molar refractivity (Wildman–Crippen MR) is 109 cm³/mol. The number of alkyl halides is 1. The number of fused-ring (bicyclic) bond motifs is 2. The van der Waals surface area contributed by atoms with Crippen LogP contribution in [0.3, 0.4) is 0 Å². The van der Waals surface area contributed by atoms with Crippen molar-refractivity contribution in [2.45, 2.75) is 49.5 Å². The smallest absolute Gasteiger partial charge is 0.347 e. The van der Waals surface area contributed by atoms with Crippen molar-refractivity contribution in [3.05, 3.63) is 71.8 Å². The highest BCUT2D eigenvalue weighted by molar-refractivity contribution is 5.85. The summed E-state index contributed by atoms with van der Waals surface area (Å²) in [7, 11) is 2.13. The van der Waals surface area contributed by atoms with Crippen molar-refractivity contribution in [1.82, 2.24) is 0 Å². The maximum Gasteiger partial charge on any atom is 0.347 e. The van der Waals surface area contributed by atoms with E-state index in [0.29, 0.717) is 29.8 Å². The summed E-state index contributed by atoms with van der Waals surface area (Å²) in [6, 6.07) is 18.5. The summed E-state index contributed by atoms with van der Waals surface area (Å²) in [5.74, 6) is -0.638. The number of nitrogens with zero attached hydrogens (tertiary/aromatic N) is 1. The molecule has 2 aromatic rings. The number of carbonyl (C=O) groups excluding carboxylic acids is 1. The molecule has 154 valence electrons. The van der Waals surface area contributed by atoms with E-state index >= 15 is 0 Å². The monoisotopic (exact) mass is 398 g/mol. The first-order valence-corrected chi connectivity index (χ1v) is 10.4. The Kier molecular flexibility index (Phi) is 5.45. The molecule has 29 heavy (non-hydrogen) atoms. The Hall–Kier alpha value is -2.24. The van der Waals surface area contributed by atoms with E-state index in [9.17, 15) is 14.3 Å². The predicted octanol–water partition coefficient (Wildman–Crippen LogP) is 3.58. The van der Waals surface area contributed by atoms with Gasteiger partial charge in [-0.1, -0.05) is 60.7 Å². The lowest BCUT2D eigenvalue weighted by Gasteiger charge is -2.46. The lowest BCUT2D eigenvalue weighted by atomic mass is 9.86. The number of quaternary nitrogens is 1. The Bertz CT molecular complexity index is 788. The Morgan fingerprint density at radius 2 is 1.52 bits per heavy atom. The number of halogens is 1. The van der Waals surface area contributed by atoms with Crippen molar-refractivity contribution in [1.29, 1.82) is 0 Å². The average Bonchev–Trinajstić information content (AvgIpc) is 2.91. The number of hydrogen-bond donors (Lipinski definition) is 1. The fourth-order valence-electron chi connectivity index (χ4n) is 5.33. The van der Waals surface area contributed by atoms with Crippen LogP contribution in [0, 0.1) is 0 Å². The fraction of sp³-hybridized carbons (Fsp3) is 0.458. The first kappa shape index (κ1) is 20.0. The van der Waals surface area contributed by atoms with Crippen LogP contribution in [0.4, 0.5) is 4.39 Å². The van der Waals surface area contributed by atoms with E-state index in [1.807, 2.05) is 12.1 Å². The topological polar surface area (TPSA) is 46.5 Å². The minimum absolute atomic E-state index is 0.246. The van der Waals surface area contributed by atoms with Crippen LogP contribution in [0.1, 0.15) is 36.8 Å². The van der Waals surface area contributed by atoms with E-state index in [1.54, 1.807) is 48.5 Å². The molecule has 2 aliphatic rings. The standard InChI is InChI=1S/C24H29FNO3/c1-26(15-14-25)20-12-13-21(26)17-22(16-20)29-23(27)24(28,18-8-4-2-5-9-18)19-10-6-3-7-11-19/h2-11,20-22,28H,12-17H2,1H3/q+1. The van der Waals surface area contributed by atoms with Gasteiger partial charge in [0.15, 0.2) is 0 Å². The lowest BCUT2D eigenvalue weighted by molar-refractivity contribution is -0.949. The highest BCUT2D eigenvalue weighted by atomic mass is 19.1. The van der Waals surface area contributed by atoms with Crippen LogP contribution in [-0.2, 0) is 15.1 Å². The van der Waals surface area contributed by atoms with Crippen LogP contribution in [0.15, 0.2) is 60.7 Å². The minimum Gasteiger partial charge on any atom is -0.459 e. The zero-order valence-electron chi connectivity index (χ0n) is 16.8. The van der Waals surface area contributed by atoms with Gasteiger partial charge in [-0.25, -0.2) is 9.18 Å². The van der Waals surface area contributed by atoms with Gasteiger partial charge in [0.2, 0.25) is 5.60 Å². The van der Waals surface area contributed by atoms with E-state index in [1.165, 1.54) is 0 Å². The quantitative estimate of drug-likeness (QED) is 0.598. The van der Waals surface area contributed by atoms with E-state index < -0.39 is 11.6 Å². The van der Waals surface area contributed by atoms with Crippen molar-refractivity contribution >= 4 is 5.97 Å². The Morgan fingerprint density at radius 3 is 1.97 bits per heavy atom. The normalized spacial score (nSPS) is 28.9. The second-order valence-electron chi connectivity index (χ2n) is 8.59. The molecule has 2 aliphatic heterocycles. The van der Waals surface area contributed by atoms with E-state index in [4.69, 9.17) is 4.74 Å². The molecule has 0 aliphatic carbocycles. The number of benzene rings is 2. The molecule has 2 heterocycles. The lowest BCUT2D eigenvalue weighted by Crippen LogP contribution is -2.60. The van der Waals surface area contributed by atoms with Crippen LogP contribution in [0.25, 0.3) is 0 Å². The zero-order chi connectivity index (χ0) is 20.5. The number of aliphatic hydroxyl groups is 1. The largest absolute Gasteiger partial charge is 0.459 e. The van der Waals surface area contributed by atoms with Gasteiger partial charge in [0.05, 0.1) is 19.1 Å². The summed E-state index contributed by atoms with van der Waals surface area (Å²) in [4.78, 5) is 13.3. The number of rotatable bonds is 6. The molecule has 4 nitrogen and oxygen atoms in total. The average molecular weight is 398 g/mol. The summed E-state index contributed by atoms with van der Waals surface area (Å²) in [5, 5.41) is 11.6. The molecular formula is C24H29FNO3+. The molecule has 2 aromatic carbocycles. The van der Waals surface area contributed by atoms with Crippen LogP contribution in [0.5, 0.6) is 0 Å². The van der Waals surface area contributed by atoms with Gasteiger partial charge in [0.1, 0.15) is 19.3 Å². The molecular weight excluding hydrogens is 369 g/mol. The Balaban J connectivity index is 1.58. The molecule has 2 atom stereocenters. The summed E-state index contributed by atoms with van der Waals surface area (Å²) < 4.78 is 19.8. The van der Waals surface area contributed by atoms with Crippen molar-refractivity contribution in [3.8, 4) is 0 Å². The van der Waals surface area contributed by atoms with Gasteiger partial charge >= 0.3 is 5.97 Å². The van der Waals surface area contributed by atoms with Gasteiger partial charge in [-0.15, -0.1) is 0 Å². The highest BCUT2D eigenvalue weighted by Gasteiger charge is 2.53. The number of hydrogen-bond acceptors (Lipinski definition) is 3. The molecule has 0 saturated carbocycles. The maximum atomic E-state index is 13.3. The fourth-order valence-corrected chi connectivity index (χ4v) is 5.33. The van der Waals surface area contributed by atoms with Crippen LogP contribution < -0.4 is 0 Å². The molecule has 4 rings (SSSR count). The SMILES string of the molecule is C[N+]1(CCF)C2CCC1CC(OC(=O)C(O)(c1ccccc1)c1ccccc1)C2. The molecule has 1 N–H and O–H groups in total.